The van der Waals surface area contributed by atoms with Gasteiger partial charge in [0.05, 0.1) is 0 Å². The van der Waals surface area contributed by atoms with Crippen molar-refractivity contribution in [2.75, 3.05) is 20.1 Å². The van der Waals surface area contributed by atoms with Crippen LogP contribution in [0.5, 0.6) is 0 Å². The maximum Gasteiger partial charge on any atom is 0.325 e. The summed E-state index contributed by atoms with van der Waals surface area (Å²) in [5, 5.41) is 6.07. The first-order valence-electron chi connectivity index (χ1n) is 7.96. The van der Waals surface area contributed by atoms with Crippen LogP contribution in [0.25, 0.3) is 0 Å². The van der Waals surface area contributed by atoms with Gasteiger partial charge in [-0.25, -0.2) is 4.39 Å². The van der Waals surface area contributed by atoms with E-state index in [-0.39, 0.29) is 23.7 Å². The molecule has 5 nitrogen and oxygen atoms in total. The molecule has 0 saturated heterocycles. The van der Waals surface area contributed by atoms with Crippen molar-refractivity contribution >= 4 is 11.9 Å². The third kappa shape index (κ3) is 6.98. The van der Waals surface area contributed by atoms with Gasteiger partial charge < -0.3 is 15.4 Å². The Morgan fingerprint density at radius 2 is 1.88 bits per heavy atom. The average molecular weight is 337 g/mol. The number of esters is 1. The van der Waals surface area contributed by atoms with Crippen molar-refractivity contribution in [3.63, 3.8) is 0 Å². The largest absolute Gasteiger partial charge is 0.459 e. The molecule has 0 saturated carbocycles. The Bertz CT molecular complexity index is 592. The molecule has 0 aromatic heterocycles. The van der Waals surface area contributed by atoms with Crippen LogP contribution in [-0.4, -0.2) is 37.7 Å². The Morgan fingerprint density at radius 3 is 2.42 bits per heavy atom. The number of halogens is 1. The Labute approximate surface area is 143 Å². The number of nitrogens with one attached hydrogen (secondary N) is 2. The SMILES string of the molecule is CN=C(NCC(=O)OC(C)(C)C)NCC(C)(C)c1cccc(F)c1. The van der Waals surface area contributed by atoms with E-state index in [0.29, 0.717) is 12.5 Å². The zero-order valence-electron chi connectivity index (χ0n) is 15.4. The van der Waals surface area contributed by atoms with Gasteiger partial charge in [0.15, 0.2) is 5.96 Å². The molecule has 1 rings (SSSR count). The molecule has 134 valence electrons. The first-order valence-corrected chi connectivity index (χ1v) is 7.96. The number of aliphatic imine (C=N–C) groups is 1. The summed E-state index contributed by atoms with van der Waals surface area (Å²) in [5.74, 6) is -0.117. The lowest BCUT2D eigenvalue weighted by Gasteiger charge is -2.27. The molecule has 1 aromatic carbocycles. The fourth-order valence-corrected chi connectivity index (χ4v) is 2.07. The summed E-state index contributed by atoms with van der Waals surface area (Å²) in [6.45, 7) is 10.0. The van der Waals surface area contributed by atoms with E-state index in [1.54, 1.807) is 13.1 Å². The molecule has 0 aliphatic heterocycles. The minimum absolute atomic E-state index is 0.0251. The number of guanidine groups is 1. The zero-order valence-corrected chi connectivity index (χ0v) is 15.4. The van der Waals surface area contributed by atoms with Gasteiger partial charge in [0.25, 0.3) is 0 Å². The summed E-state index contributed by atoms with van der Waals surface area (Å²) in [6, 6.07) is 6.54. The standard InChI is InChI=1S/C18H28FN3O2/c1-17(2,3)24-15(23)11-21-16(20-6)22-12-18(4,5)13-8-7-9-14(19)10-13/h7-10H,11-12H2,1-6H3,(H2,20,21,22). The normalized spacial score (nSPS) is 12.7. The van der Waals surface area contributed by atoms with Crippen molar-refractivity contribution in [2.24, 2.45) is 4.99 Å². The summed E-state index contributed by atoms with van der Waals surface area (Å²) in [4.78, 5) is 15.8. The lowest BCUT2D eigenvalue weighted by atomic mass is 9.84. The van der Waals surface area contributed by atoms with E-state index in [2.05, 4.69) is 15.6 Å². The van der Waals surface area contributed by atoms with Gasteiger partial charge in [0, 0.05) is 19.0 Å². The number of nitrogens with zero attached hydrogens (tertiary/aromatic N) is 1. The van der Waals surface area contributed by atoms with Gasteiger partial charge in [-0.2, -0.15) is 0 Å². The number of hydrogen-bond acceptors (Lipinski definition) is 3. The van der Waals surface area contributed by atoms with Crippen LogP contribution in [0, 0.1) is 5.82 Å². The van der Waals surface area contributed by atoms with Gasteiger partial charge >= 0.3 is 5.97 Å². The summed E-state index contributed by atoms with van der Waals surface area (Å²) < 4.78 is 18.6. The summed E-state index contributed by atoms with van der Waals surface area (Å²) in [6.07, 6.45) is 0. The number of benzene rings is 1. The van der Waals surface area contributed by atoms with E-state index in [4.69, 9.17) is 4.74 Å². The predicted molar refractivity (Wildman–Crippen MR) is 94.6 cm³/mol. The van der Waals surface area contributed by atoms with Gasteiger partial charge in [0.1, 0.15) is 18.0 Å². The number of rotatable bonds is 5. The van der Waals surface area contributed by atoms with Crippen molar-refractivity contribution in [1.29, 1.82) is 0 Å². The molecule has 0 aliphatic rings. The van der Waals surface area contributed by atoms with Gasteiger partial charge in [-0.05, 0) is 38.5 Å². The van der Waals surface area contributed by atoms with Crippen LogP contribution < -0.4 is 10.6 Å². The summed E-state index contributed by atoms with van der Waals surface area (Å²) >= 11 is 0. The van der Waals surface area contributed by atoms with Crippen LogP contribution >= 0.6 is 0 Å². The monoisotopic (exact) mass is 337 g/mol. The number of carbonyl (C=O) groups excluding carboxylic acids is 1. The van der Waals surface area contributed by atoms with Crippen LogP contribution in [0.15, 0.2) is 29.3 Å². The molecule has 1 aromatic rings. The lowest BCUT2D eigenvalue weighted by Crippen LogP contribution is -2.45. The van der Waals surface area contributed by atoms with Crippen LogP contribution in [0.4, 0.5) is 4.39 Å². The third-order valence-corrected chi connectivity index (χ3v) is 3.35. The molecule has 24 heavy (non-hydrogen) atoms. The Balaban J connectivity index is 2.56. The van der Waals surface area contributed by atoms with Crippen LogP contribution in [-0.2, 0) is 14.9 Å². The molecule has 0 aliphatic carbocycles. The van der Waals surface area contributed by atoms with E-state index in [1.165, 1.54) is 12.1 Å². The van der Waals surface area contributed by atoms with Crippen LogP contribution in [0.1, 0.15) is 40.2 Å². The van der Waals surface area contributed by atoms with Gasteiger partial charge in [0.2, 0.25) is 0 Å². The van der Waals surface area contributed by atoms with E-state index < -0.39 is 5.60 Å². The molecular formula is C18H28FN3O2. The van der Waals surface area contributed by atoms with E-state index in [9.17, 15) is 9.18 Å². The molecular weight excluding hydrogens is 309 g/mol. The summed E-state index contributed by atoms with van der Waals surface area (Å²) in [5.41, 5.74) is 0.0679. The van der Waals surface area contributed by atoms with Crippen molar-refractivity contribution in [2.45, 2.75) is 45.6 Å². The molecule has 0 spiro atoms. The second kappa shape index (κ2) is 8.13. The second-order valence-electron chi connectivity index (χ2n) is 7.26. The van der Waals surface area contributed by atoms with Crippen molar-refractivity contribution < 1.29 is 13.9 Å². The van der Waals surface area contributed by atoms with Gasteiger partial charge in [-0.15, -0.1) is 0 Å². The quantitative estimate of drug-likeness (QED) is 0.492. The molecule has 0 radical (unpaired) electrons. The van der Waals surface area contributed by atoms with Crippen molar-refractivity contribution in [3.8, 4) is 0 Å². The molecule has 2 N–H and O–H groups in total. The number of carbonyl (C=O) groups is 1. The first kappa shape index (κ1) is 19.9. The molecule has 0 unspecified atom stereocenters. The van der Waals surface area contributed by atoms with E-state index >= 15 is 0 Å². The molecule has 0 amide bonds. The Morgan fingerprint density at radius 1 is 1.21 bits per heavy atom. The maximum absolute atomic E-state index is 13.4. The number of ether oxygens (including phenoxy) is 1. The predicted octanol–water partition coefficient (Wildman–Crippen LogP) is 2.61. The average Bonchev–Trinajstić information content (AvgIpc) is 2.45. The highest BCUT2D eigenvalue weighted by atomic mass is 19.1. The highest BCUT2D eigenvalue weighted by Gasteiger charge is 2.22. The maximum atomic E-state index is 13.4. The zero-order chi connectivity index (χ0) is 18.4. The molecule has 0 fully saturated rings. The molecule has 0 bridgehead atoms. The van der Waals surface area contributed by atoms with Crippen molar-refractivity contribution in [1.82, 2.24) is 10.6 Å². The van der Waals surface area contributed by atoms with Crippen molar-refractivity contribution in [3.05, 3.63) is 35.6 Å². The highest BCUT2D eigenvalue weighted by Crippen LogP contribution is 2.22. The molecule has 0 heterocycles. The Hall–Kier alpha value is -2.11. The minimum atomic E-state index is -0.519. The third-order valence-electron chi connectivity index (χ3n) is 3.35. The molecule has 0 atom stereocenters. The molecule has 6 heteroatoms. The van der Waals surface area contributed by atoms with E-state index in [1.807, 2.05) is 40.7 Å². The topological polar surface area (TPSA) is 62.7 Å². The lowest BCUT2D eigenvalue weighted by molar-refractivity contribution is -0.153. The first-order chi connectivity index (χ1) is 11.0. The minimum Gasteiger partial charge on any atom is -0.459 e. The fraction of sp³-hybridized carbons (Fsp3) is 0.556. The highest BCUT2D eigenvalue weighted by molar-refractivity contribution is 5.84. The van der Waals surface area contributed by atoms with E-state index in [0.717, 1.165) is 5.56 Å². The van der Waals surface area contributed by atoms with Gasteiger partial charge in [-0.1, -0.05) is 26.0 Å². The number of hydrogen-bond donors (Lipinski definition) is 2. The van der Waals surface area contributed by atoms with Crippen LogP contribution in [0.2, 0.25) is 0 Å². The smallest absolute Gasteiger partial charge is 0.325 e. The second-order valence-corrected chi connectivity index (χ2v) is 7.26. The summed E-state index contributed by atoms with van der Waals surface area (Å²) in [7, 11) is 1.62. The van der Waals surface area contributed by atoms with Crippen LogP contribution in [0.3, 0.4) is 0 Å². The van der Waals surface area contributed by atoms with Gasteiger partial charge in [-0.3, -0.25) is 9.79 Å². The Kier molecular flexibility index (Phi) is 6.75. The fourth-order valence-electron chi connectivity index (χ4n) is 2.07.